The first-order chi connectivity index (χ1) is 9.35. The molecule has 0 bridgehead atoms. The van der Waals surface area contributed by atoms with Crippen LogP contribution in [-0.2, 0) is 16.6 Å². The SMILES string of the molecule is CC(=NCc1ccc(C(=O)C2CC2)cc1)NS(C)(=O)=O. The summed E-state index contributed by atoms with van der Waals surface area (Å²) in [6, 6.07) is 7.33. The van der Waals surface area contributed by atoms with Gasteiger partial charge in [0.25, 0.3) is 0 Å². The Hall–Kier alpha value is -1.69. The molecule has 0 amide bonds. The van der Waals surface area contributed by atoms with Gasteiger partial charge in [-0.1, -0.05) is 24.3 Å². The molecule has 6 heteroatoms. The highest BCUT2D eigenvalue weighted by molar-refractivity contribution is 7.89. The lowest BCUT2D eigenvalue weighted by Gasteiger charge is -2.04. The lowest BCUT2D eigenvalue weighted by molar-refractivity contribution is 0.0967. The van der Waals surface area contributed by atoms with Crippen molar-refractivity contribution in [3.63, 3.8) is 0 Å². The van der Waals surface area contributed by atoms with E-state index in [9.17, 15) is 13.2 Å². The molecule has 0 unspecified atom stereocenters. The number of nitrogens with one attached hydrogen (secondary N) is 1. The maximum Gasteiger partial charge on any atom is 0.230 e. The monoisotopic (exact) mass is 294 g/mol. The van der Waals surface area contributed by atoms with Gasteiger partial charge in [-0.15, -0.1) is 0 Å². The molecular weight excluding hydrogens is 276 g/mol. The highest BCUT2D eigenvalue weighted by atomic mass is 32.2. The van der Waals surface area contributed by atoms with Gasteiger partial charge in [0.15, 0.2) is 5.78 Å². The fraction of sp³-hybridized carbons (Fsp3) is 0.429. The summed E-state index contributed by atoms with van der Waals surface area (Å²) in [5, 5.41) is 0. The van der Waals surface area contributed by atoms with Crippen molar-refractivity contribution >= 4 is 21.6 Å². The molecule has 0 radical (unpaired) electrons. The second-order valence-electron chi connectivity index (χ2n) is 5.11. The minimum absolute atomic E-state index is 0.218. The van der Waals surface area contributed by atoms with E-state index in [1.807, 2.05) is 24.3 Å². The summed E-state index contributed by atoms with van der Waals surface area (Å²) in [4.78, 5) is 16.0. The van der Waals surface area contributed by atoms with E-state index in [0.29, 0.717) is 12.4 Å². The molecule has 20 heavy (non-hydrogen) atoms. The van der Waals surface area contributed by atoms with Gasteiger partial charge in [-0.2, -0.15) is 0 Å². The average molecular weight is 294 g/mol. The van der Waals surface area contributed by atoms with Gasteiger partial charge in [0.2, 0.25) is 10.0 Å². The van der Waals surface area contributed by atoms with Crippen molar-refractivity contribution in [1.29, 1.82) is 0 Å². The second-order valence-corrected chi connectivity index (χ2v) is 6.86. The van der Waals surface area contributed by atoms with Crippen molar-refractivity contribution in [2.24, 2.45) is 10.9 Å². The fourth-order valence-electron chi connectivity index (χ4n) is 1.87. The van der Waals surface area contributed by atoms with Gasteiger partial charge in [-0.25, -0.2) is 8.42 Å². The zero-order valence-electron chi connectivity index (χ0n) is 11.6. The number of carbonyl (C=O) groups excluding carboxylic acids is 1. The minimum Gasteiger partial charge on any atom is -0.294 e. The fourth-order valence-corrected chi connectivity index (χ4v) is 2.47. The number of rotatable bonds is 5. The van der Waals surface area contributed by atoms with E-state index in [0.717, 1.165) is 30.2 Å². The van der Waals surface area contributed by atoms with Crippen LogP contribution in [0.2, 0.25) is 0 Å². The number of hydrogen-bond acceptors (Lipinski definition) is 4. The summed E-state index contributed by atoms with van der Waals surface area (Å²) in [7, 11) is -3.27. The van der Waals surface area contributed by atoms with Crippen LogP contribution in [-0.4, -0.2) is 26.3 Å². The average Bonchev–Trinajstić information content (AvgIpc) is 3.18. The molecule has 1 aliphatic carbocycles. The maximum atomic E-state index is 11.8. The van der Waals surface area contributed by atoms with Crippen LogP contribution < -0.4 is 4.72 Å². The number of carbonyl (C=O) groups is 1. The highest BCUT2D eigenvalue weighted by Crippen LogP contribution is 2.32. The molecule has 108 valence electrons. The van der Waals surface area contributed by atoms with Crippen LogP contribution >= 0.6 is 0 Å². The summed E-state index contributed by atoms with van der Waals surface area (Å²) >= 11 is 0. The number of sulfonamides is 1. The molecule has 0 spiro atoms. The van der Waals surface area contributed by atoms with Gasteiger partial charge >= 0.3 is 0 Å². The third-order valence-corrected chi connectivity index (χ3v) is 3.68. The third-order valence-electron chi connectivity index (χ3n) is 3.02. The number of hydrogen-bond donors (Lipinski definition) is 1. The number of nitrogens with zero attached hydrogens (tertiary/aromatic N) is 1. The van der Waals surface area contributed by atoms with Crippen LogP contribution in [0.15, 0.2) is 29.3 Å². The van der Waals surface area contributed by atoms with Gasteiger partial charge in [-0.3, -0.25) is 14.5 Å². The lowest BCUT2D eigenvalue weighted by atomic mass is 10.1. The molecule has 0 heterocycles. The van der Waals surface area contributed by atoms with Crippen molar-refractivity contribution < 1.29 is 13.2 Å². The molecule has 1 saturated carbocycles. The zero-order chi connectivity index (χ0) is 14.8. The number of Topliss-reactive ketones (excluding diaryl/α,β-unsaturated/α-hetero) is 1. The Morgan fingerprint density at radius 3 is 2.40 bits per heavy atom. The van der Waals surface area contributed by atoms with E-state index in [4.69, 9.17) is 0 Å². The molecule has 0 saturated heterocycles. The maximum absolute atomic E-state index is 11.8. The molecule has 1 aromatic rings. The molecule has 0 aromatic heterocycles. The molecular formula is C14H18N2O3S. The van der Waals surface area contributed by atoms with Crippen molar-refractivity contribution in [2.45, 2.75) is 26.3 Å². The molecule has 2 rings (SSSR count). The van der Waals surface area contributed by atoms with E-state index >= 15 is 0 Å². The van der Waals surface area contributed by atoms with Crippen molar-refractivity contribution in [2.75, 3.05) is 6.26 Å². The van der Waals surface area contributed by atoms with E-state index in [1.165, 1.54) is 0 Å². The molecule has 1 aliphatic rings. The van der Waals surface area contributed by atoms with Crippen LogP contribution in [0.3, 0.4) is 0 Å². The summed E-state index contributed by atoms with van der Waals surface area (Å²) in [6.45, 7) is 1.98. The molecule has 0 atom stereocenters. The largest absolute Gasteiger partial charge is 0.294 e. The number of amidine groups is 1. The van der Waals surface area contributed by atoms with Crippen molar-refractivity contribution in [1.82, 2.24) is 4.72 Å². The van der Waals surface area contributed by atoms with Gasteiger partial charge in [-0.05, 0) is 25.3 Å². The Labute approximate surface area is 119 Å². The van der Waals surface area contributed by atoms with Crippen LogP contribution in [0, 0.1) is 5.92 Å². The first kappa shape index (κ1) is 14.7. The molecule has 1 fully saturated rings. The van der Waals surface area contributed by atoms with Gasteiger partial charge in [0, 0.05) is 11.5 Å². The van der Waals surface area contributed by atoms with Crippen molar-refractivity contribution in [3.8, 4) is 0 Å². The summed E-state index contributed by atoms with van der Waals surface area (Å²) in [5.41, 5.74) is 1.68. The lowest BCUT2D eigenvalue weighted by Crippen LogP contribution is -2.27. The highest BCUT2D eigenvalue weighted by Gasteiger charge is 2.30. The zero-order valence-corrected chi connectivity index (χ0v) is 12.4. The first-order valence-electron chi connectivity index (χ1n) is 6.47. The summed E-state index contributed by atoms with van der Waals surface area (Å²) in [6.07, 6.45) is 3.09. The van der Waals surface area contributed by atoms with Crippen LogP contribution in [0.1, 0.15) is 35.7 Å². The number of ketones is 1. The predicted octanol–water partition coefficient (Wildman–Crippen LogP) is 1.75. The van der Waals surface area contributed by atoms with Crippen LogP contribution in [0.25, 0.3) is 0 Å². The molecule has 0 aliphatic heterocycles. The van der Waals surface area contributed by atoms with E-state index in [1.54, 1.807) is 6.92 Å². The third kappa shape index (κ3) is 4.45. The van der Waals surface area contributed by atoms with Crippen molar-refractivity contribution in [3.05, 3.63) is 35.4 Å². The van der Waals surface area contributed by atoms with E-state index in [-0.39, 0.29) is 11.7 Å². The van der Waals surface area contributed by atoms with Crippen LogP contribution in [0.4, 0.5) is 0 Å². The Morgan fingerprint density at radius 2 is 1.90 bits per heavy atom. The summed E-state index contributed by atoms with van der Waals surface area (Å²) in [5.74, 6) is 0.792. The molecule has 5 nitrogen and oxygen atoms in total. The topological polar surface area (TPSA) is 75.6 Å². The van der Waals surface area contributed by atoms with Gasteiger partial charge < -0.3 is 0 Å². The number of aliphatic imine (C=N–C) groups is 1. The quantitative estimate of drug-likeness (QED) is 0.510. The standard InChI is InChI=1S/C14H18N2O3S/c1-10(16-20(2,18)19)15-9-11-3-5-12(6-4-11)14(17)13-7-8-13/h3-6,13H,7-9H2,1-2H3,(H,15,16). The van der Waals surface area contributed by atoms with Crippen LogP contribution in [0.5, 0.6) is 0 Å². The Bertz CT molecular complexity index is 629. The minimum atomic E-state index is -3.27. The summed E-state index contributed by atoms with van der Waals surface area (Å²) < 4.78 is 24.3. The predicted molar refractivity (Wildman–Crippen MR) is 78.3 cm³/mol. The Balaban J connectivity index is 1.96. The second kappa shape index (κ2) is 5.75. The smallest absolute Gasteiger partial charge is 0.230 e. The normalized spacial score (nSPS) is 16.0. The van der Waals surface area contributed by atoms with Gasteiger partial charge in [0.1, 0.15) is 5.84 Å². The van der Waals surface area contributed by atoms with E-state index < -0.39 is 10.0 Å². The van der Waals surface area contributed by atoms with E-state index in [2.05, 4.69) is 9.71 Å². The Kier molecular flexibility index (Phi) is 4.23. The number of benzene rings is 1. The van der Waals surface area contributed by atoms with Gasteiger partial charge in [0.05, 0.1) is 12.8 Å². The molecule has 1 N–H and O–H groups in total. The molecule has 1 aromatic carbocycles. The first-order valence-corrected chi connectivity index (χ1v) is 8.36. The Morgan fingerprint density at radius 1 is 1.30 bits per heavy atom.